The molecule has 2 heterocycles. The van der Waals surface area contributed by atoms with Crippen LogP contribution in [0, 0.1) is 11.6 Å². The first-order valence-electron chi connectivity index (χ1n) is 24.8. The zero-order chi connectivity index (χ0) is 51.0. The van der Waals surface area contributed by atoms with Crippen LogP contribution in [-0.4, -0.2) is 140 Å². The van der Waals surface area contributed by atoms with Crippen molar-refractivity contribution in [3.63, 3.8) is 0 Å². The number of fused-ring (bicyclic) bond motifs is 6. The third kappa shape index (κ3) is 8.66. The molecular formula is C58H50F2N4O10. The van der Waals surface area contributed by atoms with Crippen molar-refractivity contribution in [1.29, 1.82) is 0 Å². The highest BCUT2D eigenvalue weighted by Gasteiger charge is 2.38. The Morgan fingerprint density at radius 3 is 0.716 bits per heavy atom. The van der Waals surface area contributed by atoms with Crippen molar-refractivity contribution in [2.24, 2.45) is 0 Å². The lowest BCUT2D eigenvalue weighted by Crippen LogP contribution is -2.39. The summed E-state index contributed by atoms with van der Waals surface area (Å²) in [5.41, 5.74) is 3.68. The summed E-state index contributed by atoms with van der Waals surface area (Å²) in [4.78, 5) is 92.0. The van der Waals surface area contributed by atoms with Gasteiger partial charge in [0.15, 0.2) is 34.7 Å². The maximum Gasteiger partial charge on any atom is 0.199 e. The van der Waals surface area contributed by atoms with Gasteiger partial charge in [-0.15, -0.1) is 0 Å². The van der Waals surface area contributed by atoms with E-state index in [9.17, 15) is 24.0 Å². The number of nitrogens with zero attached hydrogens (tertiary/aromatic N) is 4. The molecule has 2 aliphatic heterocycles. The number of ketones is 6. The molecule has 16 heteroatoms. The number of hydrogen-bond acceptors (Lipinski definition) is 14. The van der Waals surface area contributed by atoms with Crippen molar-refractivity contribution in [2.75, 3.05) is 125 Å². The van der Waals surface area contributed by atoms with Crippen LogP contribution < -0.4 is 19.6 Å². The second-order valence-electron chi connectivity index (χ2n) is 18.5. The number of hydrogen-bond donors (Lipinski definition) is 0. The number of carbonyl (C=O) groups excluding carboxylic acids is 6. The Kier molecular flexibility index (Phi) is 13.5. The van der Waals surface area contributed by atoms with Crippen molar-refractivity contribution in [2.45, 2.75) is 0 Å². The van der Waals surface area contributed by atoms with E-state index >= 15 is 13.6 Å². The molecule has 6 aromatic carbocycles. The zero-order valence-corrected chi connectivity index (χ0v) is 40.3. The van der Waals surface area contributed by atoms with E-state index in [1.807, 2.05) is 31.7 Å². The summed E-state index contributed by atoms with van der Waals surface area (Å²) in [7, 11) is 0. The fraction of sp³-hybridized carbons (Fsp3) is 0.276. The lowest BCUT2D eigenvalue weighted by atomic mass is 9.82. The van der Waals surface area contributed by atoms with Crippen molar-refractivity contribution in [3.8, 4) is 0 Å². The molecule has 2 saturated heterocycles. The zero-order valence-electron chi connectivity index (χ0n) is 40.3. The van der Waals surface area contributed by atoms with Crippen LogP contribution in [0.15, 0.2) is 109 Å². The highest BCUT2D eigenvalue weighted by atomic mass is 19.1. The topological polar surface area (TPSA) is 152 Å². The van der Waals surface area contributed by atoms with E-state index in [1.165, 1.54) is 36.4 Å². The first-order chi connectivity index (χ1) is 36.1. The normalized spacial score (nSPS) is 17.9. The van der Waals surface area contributed by atoms with E-state index in [4.69, 9.17) is 18.9 Å². The van der Waals surface area contributed by atoms with Gasteiger partial charge in [-0.1, -0.05) is 72.8 Å². The van der Waals surface area contributed by atoms with Crippen LogP contribution in [0.5, 0.6) is 0 Å². The first kappa shape index (κ1) is 48.5. The molecule has 0 radical (unpaired) electrons. The van der Waals surface area contributed by atoms with Gasteiger partial charge < -0.3 is 38.5 Å². The quantitative estimate of drug-likeness (QED) is 0.178. The van der Waals surface area contributed by atoms with E-state index in [0.29, 0.717) is 97.4 Å². The summed E-state index contributed by atoms with van der Waals surface area (Å²) in [6, 6.07) is 28.8. The molecule has 0 aromatic heterocycles. The van der Waals surface area contributed by atoms with Crippen LogP contribution in [0.1, 0.15) is 95.5 Å². The fourth-order valence-electron chi connectivity index (χ4n) is 10.8. The first-order valence-corrected chi connectivity index (χ1v) is 24.8. The highest BCUT2D eigenvalue weighted by Crippen LogP contribution is 2.40. The molecule has 74 heavy (non-hydrogen) atoms. The molecule has 0 amide bonds. The van der Waals surface area contributed by atoms with Gasteiger partial charge in [0, 0.05) is 108 Å². The molecule has 14 nitrogen and oxygen atoms in total. The average molecular weight is 1000 g/mol. The maximum absolute atomic E-state index is 15.1. The smallest absolute Gasteiger partial charge is 0.199 e. The van der Waals surface area contributed by atoms with Gasteiger partial charge in [-0.05, 0) is 36.4 Å². The number of benzene rings is 6. The minimum atomic E-state index is -0.745. The fourth-order valence-corrected chi connectivity index (χ4v) is 10.8. The van der Waals surface area contributed by atoms with Crippen molar-refractivity contribution < 1.29 is 56.5 Å². The maximum atomic E-state index is 15.1. The highest BCUT2D eigenvalue weighted by molar-refractivity contribution is 6.33. The van der Waals surface area contributed by atoms with Crippen LogP contribution >= 0.6 is 0 Å². The Labute approximate surface area is 425 Å². The number of halogens is 2. The second kappa shape index (κ2) is 20.6. The molecule has 0 N–H and O–H groups in total. The number of ether oxygens (including phenoxy) is 4. The summed E-state index contributed by atoms with van der Waals surface area (Å²) in [5, 5.41) is 0. The van der Waals surface area contributed by atoms with Crippen LogP contribution in [0.4, 0.5) is 31.5 Å². The molecule has 3 aliphatic carbocycles. The number of carbonyl (C=O) groups is 6. The molecule has 0 spiro atoms. The lowest BCUT2D eigenvalue weighted by Gasteiger charge is -2.33. The standard InChI is InChI=1S/C58H50F2N4O10/c59-41-13-1-7-35-47(41)56(68)49-37(53(35)65)9-3-15-43(49)61-19-27-71-31-23-63(24-32-72-28-20-61)45-17-5-11-39-51(45)58(70)52-40(55(39)67)12-6-18-46(52)64-25-33-73-29-21-62(22-30-74-34-26-64)44-16-4-10-38-50(44)57(69)48-36(54(38)66)8-2-14-42(48)60/h1-18H,19-34H2. The molecule has 6 aromatic rings. The van der Waals surface area contributed by atoms with E-state index in [1.54, 1.807) is 60.7 Å². The molecular weight excluding hydrogens is 951 g/mol. The van der Waals surface area contributed by atoms with Gasteiger partial charge in [0.25, 0.3) is 0 Å². The molecule has 0 unspecified atom stereocenters. The van der Waals surface area contributed by atoms with Crippen molar-refractivity contribution in [1.82, 2.24) is 0 Å². The summed E-state index contributed by atoms with van der Waals surface area (Å²) in [6.45, 7) is 4.70. The Morgan fingerprint density at radius 2 is 0.473 bits per heavy atom. The predicted molar refractivity (Wildman–Crippen MR) is 271 cm³/mol. The summed E-state index contributed by atoms with van der Waals surface area (Å²) < 4.78 is 54.8. The van der Waals surface area contributed by atoms with Gasteiger partial charge in [-0.3, -0.25) is 28.8 Å². The van der Waals surface area contributed by atoms with E-state index in [0.717, 1.165) is 0 Å². The largest absolute Gasteiger partial charge is 0.378 e. The van der Waals surface area contributed by atoms with Crippen molar-refractivity contribution in [3.05, 3.63) is 188 Å². The predicted octanol–water partition coefficient (Wildman–Crippen LogP) is 7.01. The van der Waals surface area contributed by atoms with Crippen LogP contribution in [-0.2, 0) is 18.9 Å². The van der Waals surface area contributed by atoms with Gasteiger partial charge in [0.05, 0.1) is 86.2 Å². The Balaban J connectivity index is 0.778. The van der Waals surface area contributed by atoms with E-state index < -0.39 is 34.8 Å². The number of rotatable bonds is 4. The van der Waals surface area contributed by atoms with E-state index in [-0.39, 0.29) is 109 Å². The van der Waals surface area contributed by atoms with Gasteiger partial charge in [0.2, 0.25) is 0 Å². The third-order valence-electron chi connectivity index (χ3n) is 14.4. The minimum Gasteiger partial charge on any atom is -0.378 e. The SMILES string of the molecule is O=C1c2cccc(F)c2C(=O)c2c1cccc2N1CCOCCN(c2cccc3c2C(=O)c2c(cccc2N2CCOCCN(c4cccc5c4C(=O)c4c(F)cccc4C5=O)CCOCC2)C3=O)CCOCC1. The monoisotopic (exact) mass is 1000 g/mol. The number of anilines is 4. The summed E-state index contributed by atoms with van der Waals surface area (Å²) in [6.07, 6.45) is 0. The molecule has 5 aliphatic rings. The molecule has 0 atom stereocenters. The molecule has 2 fully saturated rings. The second-order valence-corrected chi connectivity index (χ2v) is 18.5. The van der Waals surface area contributed by atoms with Crippen LogP contribution in [0.3, 0.4) is 0 Å². The van der Waals surface area contributed by atoms with Gasteiger partial charge >= 0.3 is 0 Å². The summed E-state index contributed by atoms with van der Waals surface area (Å²) in [5.74, 6) is -3.97. The third-order valence-corrected chi connectivity index (χ3v) is 14.4. The van der Waals surface area contributed by atoms with Crippen molar-refractivity contribution >= 4 is 57.4 Å². The van der Waals surface area contributed by atoms with Crippen LogP contribution in [0.2, 0.25) is 0 Å². The molecule has 0 bridgehead atoms. The Bertz CT molecular complexity index is 3060. The van der Waals surface area contributed by atoms with Crippen LogP contribution in [0.25, 0.3) is 0 Å². The lowest BCUT2D eigenvalue weighted by molar-refractivity contribution is 0.0975. The molecule has 376 valence electrons. The molecule has 0 saturated carbocycles. The Morgan fingerprint density at radius 1 is 0.270 bits per heavy atom. The minimum absolute atomic E-state index is 0.0453. The summed E-state index contributed by atoms with van der Waals surface area (Å²) >= 11 is 0. The van der Waals surface area contributed by atoms with E-state index in [2.05, 4.69) is 0 Å². The molecule has 11 rings (SSSR count). The average Bonchev–Trinajstić information content (AvgIpc) is 3.40. The Hall–Kier alpha value is -7.76. The van der Waals surface area contributed by atoms with Gasteiger partial charge in [-0.2, -0.15) is 0 Å². The van der Waals surface area contributed by atoms with Gasteiger partial charge in [-0.25, -0.2) is 8.78 Å². The van der Waals surface area contributed by atoms with Gasteiger partial charge in [0.1, 0.15) is 11.6 Å².